The number of fused-ring (bicyclic) bond motifs is 1. The van der Waals surface area contributed by atoms with E-state index in [1.807, 2.05) is 23.1 Å². The first kappa shape index (κ1) is 18.9. The highest BCUT2D eigenvalue weighted by Gasteiger charge is 2.32. The Balaban J connectivity index is 0.00000196. The molecule has 0 saturated carbocycles. The molecule has 2 aromatic carbocycles. The molecule has 0 spiro atoms. The molecule has 2 aliphatic heterocycles. The third kappa shape index (κ3) is 3.78. The Kier molecular flexibility index (Phi) is 5.97. The summed E-state index contributed by atoms with van der Waals surface area (Å²) in [6.07, 6.45) is 1.52. The minimum absolute atomic E-state index is 0. The number of likely N-dealkylation sites (tertiary alicyclic amines) is 1. The third-order valence-electron chi connectivity index (χ3n) is 5.50. The highest BCUT2D eigenvalue weighted by molar-refractivity contribution is 5.95. The fourth-order valence-corrected chi connectivity index (χ4v) is 4.13. The lowest BCUT2D eigenvalue weighted by Crippen LogP contribution is -2.34. The maximum atomic E-state index is 12.7. The van der Waals surface area contributed by atoms with Gasteiger partial charge in [0.2, 0.25) is 5.91 Å². The highest BCUT2D eigenvalue weighted by atomic mass is 35.5. The Morgan fingerprint density at radius 2 is 1.77 bits per heavy atom. The van der Waals surface area contributed by atoms with Gasteiger partial charge in [-0.05, 0) is 23.6 Å². The zero-order valence-electron chi connectivity index (χ0n) is 14.9. The molecule has 2 N–H and O–H groups in total. The normalized spacial score (nSPS) is 22.1. The van der Waals surface area contributed by atoms with Gasteiger partial charge in [-0.3, -0.25) is 4.79 Å². The van der Waals surface area contributed by atoms with E-state index in [0.29, 0.717) is 12.3 Å². The van der Waals surface area contributed by atoms with Crippen molar-refractivity contribution >= 4 is 24.0 Å². The number of hydrogen-bond acceptors (Lipinski definition) is 3. The average Bonchev–Trinajstić information content (AvgIpc) is 3.24. The second-order valence-electron chi connectivity index (χ2n) is 7.11. The van der Waals surface area contributed by atoms with Gasteiger partial charge in [0.05, 0.1) is 0 Å². The van der Waals surface area contributed by atoms with Crippen LogP contribution in [0.2, 0.25) is 0 Å². The van der Waals surface area contributed by atoms with Crippen LogP contribution < -0.4 is 10.6 Å². The molecule has 1 fully saturated rings. The van der Waals surface area contributed by atoms with Gasteiger partial charge >= 0.3 is 0 Å². The smallest absolute Gasteiger partial charge is 0.228 e. The van der Waals surface area contributed by atoms with E-state index in [4.69, 9.17) is 5.73 Å². The van der Waals surface area contributed by atoms with Crippen LogP contribution in [0, 0.1) is 0 Å². The van der Waals surface area contributed by atoms with Crippen molar-refractivity contribution in [3.05, 3.63) is 65.7 Å². The maximum Gasteiger partial charge on any atom is 0.228 e. The molecule has 0 bridgehead atoms. The standard InChI is InChI=1S/C21H25N3O.ClH/c22-19-15-23(14-18(19)16-6-2-1-3-7-16)12-11-21(25)24-13-10-17-8-4-5-9-20(17)24;/h1-9,18-19H,10-15,22H2;1H/t18-,19+;/m0./s1. The van der Waals surface area contributed by atoms with E-state index in [0.717, 1.165) is 38.3 Å². The quantitative estimate of drug-likeness (QED) is 0.899. The molecule has 138 valence electrons. The van der Waals surface area contributed by atoms with Gasteiger partial charge in [-0.25, -0.2) is 0 Å². The molecule has 0 radical (unpaired) electrons. The Morgan fingerprint density at radius 3 is 2.58 bits per heavy atom. The average molecular weight is 372 g/mol. The van der Waals surface area contributed by atoms with Crippen LogP contribution in [-0.4, -0.2) is 43.0 Å². The number of rotatable bonds is 4. The number of halogens is 1. The molecule has 4 nitrogen and oxygen atoms in total. The zero-order valence-corrected chi connectivity index (χ0v) is 15.7. The van der Waals surface area contributed by atoms with Crippen molar-refractivity contribution in [2.45, 2.75) is 24.8 Å². The van der Waals surface area contributed by atoms with Crippen molar-refractivity contribution in [1.82, 2.24) is 4.90 Å². The zero-order chi connectivity index (χ0) is 17.2. The number of nitrogens with zero attached hydrogens (tertiary/aromatic N) is 2. The predicted molar refractivity (Wildman–Crippen MR) is 108 cm³/mol. The molecule has 2 aromatic rings. The number of carbonyl (C=O) groups is 1. The van der Waals surface area contributed by atoms with Crippen molar-refractivity contribution in [3.63, 3.8) is 0 Å². The summed E-state index contributed by atoms with van der Waals surface area (Å²) < 4.78 is 0. The molecule has 2 aliphatic rings. The fraction of sp³-hybridized carbons (Fsp3) is 0.381. The SMILES string of the molecule is Cl.N[C@@H]1CN(CCC(=O)N2CCc3ccccc32)C[C@H]1c1ccccc1. The van der Waals surface area contributed by atoms with Crippen molar-refractivity contribution in [2.24, 2.45) is 5.73 Å². The van der Waals surface area contributed by atoms with Crippen molar-refractivity contribution in [3.8, 4) is 0 Å². The maximum absolute atomic E-state index is 12.7. The third-order valence-corrected chi connectivity index (χ3v) is 5.50. The largest absolute Gasteiger partial charge is 0.326 e. The summed E-state index contributed by atoms with van der Waals surface area (Å²) in [5.41, 5.74) is 10.0. The number of nitrogens with two attached hydrogens (primary N) is 1. The molecule has 4 rings (SSSR count). The van der Waals surface area contributed by atoms with Gasteiger partial charge in [0.1, 0.15) is 0 Å². The summed E-state index contributed by atoms with van der Waals surface area (Å²) in [5, 5.41) is 0. The van der Waals surface area contributed by atoms with Crippen LogP contribution in [0.3, 0.4) is 0 Å². The van der Waals surface area contributed by atoms with Gasteiger partial charge in [0.25, 0.3) is 0 Å². The molecule has 1 amide bonds. The van der Waals surface area contributed by atoms with Gasteiger partial charge < -0.3 is 15.5 Å². The van der Waals surface area contributed by atoms with E-state index in [9.17, 15) is 4.79 Å². The Bertz CT molecular complexity index is 752. The molecule has 1 saturated heterocycles. The second kappa shape index (κ2) is 8.21. The summed E-state index contributed by atoms with van der Waals surface area (Å²) in [6, 6.07) is 18.8. The predicted octanol–water partition coefficient (Wildman–Crippen LogP) is 2.81. The first-order chi connectivity index (χ1) is 12.2. The van der Waals surface area contributed by atoms with Gasteiger partial charge in [-0.2, -0.15) is 0 Å². The van der Waals surface area contributed by atoms with Crippen LogP contribution in [0.1, 0.15) is 23.5 Å². The summed E-state index contributed by atoms with van der Waals surface area (Å²) in [7, 11) is 0. The van der Waals surface area contributed by atoms with Crippen molar-refractivity contribution < 1.29 is 4.79 Å². The Hall–Kier alpha value is -1.88. The van der Waals surface area contributed by atoms with Gasteiger partial charge in [0, 0.05) is 50.2 Å². The molecular weight excluding hydrogens is 346 g/mol. The van der Waals surface area contributed by atoms with Crippen molar-refractivity contribution in [1.29, 1.82) is 0 Å². The van der Waals surface area contributed by atoms with Crippen LogP contribution in [0.15, 0.2) is 54.6 Å². The first-order valence-corrected chi connectivity index (χ1v) is 9.13. The van der Waals surface area contributed by atoms with Crippen LogP contribution in [0.25, 0.3) is 0 Å². The summed E-state index contributed by atoms with van der Waals surface area (Å²) >= 11 is 0. The fourth-order valence-electron chi connectivity index (χ4n) is 4.13. The lowest BCUT2D eigenvalue weighted by molar-refractivity contribution is -0.118. The van der Waals surface area contributed by atoms with Gasteiger partial charge in [-0.1, -0.05) is 48.5 Å². The number of carbonyl (C=O) groups excluding carboxylic acids is 1. The second-order valence-corrected chi connectivity index (χ2v) is 7.11. The number of benzene rings is 2. The van der Waals surface area contributed by atoms with Gasteiger partial charge in [-0.15, -0.1) is 12.4 Å². The topological polar surface area (TPSA) is 49.6 Å². The molecule has 0 aromatic heterocycles. The van der Waals surface area contributed by atoms with E-state index in [1.54, 1.807) is 0 Å². The summed E-state index contributed by atoms with van der Waals surface area (Å²) in [6.45, 7) is 3.40. The molecule has 0 aliphatic carbocycles. The number of para-hydroxylation sites is 1. The molecule has 5 heteroatoms. The van der Waals surface area contributed by atoms with E-state index < -0.39 is 0 Å². The van der Waals surface area contributed by atoms with Crippen LogP contribution in [0.5, 0.6) is 0 Å². The Labute approximate surface area is 161 Å². The van der Waals surface area contributed by atoms with Gasteiger partial charge in [0.15, 0.2) is 0 Å². The first-order valence-electron chi connectivity index (χ1n) is 9.13. The number of anilines is 1. The molecule has 2 heterocycles. The lowest BCUT2D eigenvalue weighted by Gasteiger charge is -2.20. The molecule has 2 atom stereocenters. The molecule has 26 heavy (non-hydrogen) atoms. The van der Waals surface area contributed by atoms with Crippen LogP contribution >= 0.6 is 12.4 Å². The monoisotopic (exact) mass is 371 g/mol. The number of hydrogen-bond donors (Lipinski definition) is 1. The van der Waals surface area contributed by atoms with Crippen LogP contribution in [-0.2, 0) is 11.2 Å². The van der Waals surface area contributed by atoms with E-state index >= 15 is 0 Å². The Morgan fingerprint density at radius 1 is 1.04 bits per heavy atom. The molecular formula is C21H26ClN3O. The van der Waals surface area contributed by atoms with E-state index in [1.165, 1.54) is 11.1 Å². The number of amides is 1. The van der Waals surface area contributed by atoms with Crippen molar-refractivity contribution in [2.75, 3.05) is 31.1 Å². The minimum Gasteiger partial charge on any atom is -0.326 e. The highest BCUT2D eigenvalue weighted by Crippen LogP contribution is 2.29. The van der Waals surface area contributed by atoms with Crippen LogP contribution in [0.4, 0.5) is 5.69 Å². The van der Waals surface area contributed by atoms with E-state index in [2.05, 4.69) is 41.3 Å². The van der Waals surface area contributed by atoms with E-state index in [-0.39, 0.29) is 24.4 Å². The summed E-state index contributed by atoms with van der Waals surface area (Å²) in [5.74, 6) is 0.588. The summed E-state index contributed by atoms with van der Waals surface area (Å²) in [4.78, 5) is 16.9. The minimum atomic E-state index is 0. The molecule has 0 unspecified atom stereocenters. The lowest BCUT2D eigenvalue weighted by atomic mass is 9.95.